The summed E-state index contributed by atoms with van der Waals surface area (Å²) in [6, 6.07) is 15.8. The van der Waals surface area contributed by atoms with Crippen LogP contribution in [0.2, 0.25) is 5.02 Å². The number of carbonyl (C=O) groups is 3. The third-order valence-corrected chi connectivity index (χ3v) is 5.90. The third-order valence-electron chi connectivity index (χ3n) is 5.65. The van der Waals surface area contributed by atoms with E-state index in [0.717, 1.165) is 28.9 Å². The fourth-order valence-corrected chi connectivity index (χ4v) is 4.27. The Morgan fingerprint density at radius 2 is 1.66 bits per heavy atom. The van der Waals surface area contributed by atoms with E-state index in [9.17, 15) is 14.4 Å². The zero-order valence-corrected chi connectivity index (χ0v) is 16.6. The number of rotatable bonds is 5. The smallest absolute Gasteiger partial charge is 0.325 e. The van der Waals surface area contributed by atoms with E-state index in [0.29, 0.717) is 17.9 Å². The summed E-state index contributed by atoms with van der Waals surface area (Å²) in [7, 11) is 0. The molecule has 150 valence electrons. The molecule has 4 amide bonds. The maximum absolute atomic E-state index is 12.8. The van der Waals surface area contributed by atoms with Gasteiger partial charge in [0.15, 0.2) is 0 Å². The number of benzene rings is 2. The molecular weight excluding hydrogens is 390 g/mol. The van der Waals surface area contributed by atoms with Crippen LogP contribution in [0, 0.1) is 0 Å². The monoisotopic (exact) mass is 411 g/mol. The molecule has 1 saturated heterocycles. The lowest BCUT2D eigenvalue weighted by molar-refractivity contribution is -0.135. The van der Waals surface area contributed by atoms with E-state index < -0.39 is 23.5 Å². The molecule has 2 fully saturated rings. The van der Waals surface area contributed by atoms with E-state index in [2.05, 4.69) is 10.6 Å². The average Bonchev–Trinajstić information content (AvgIpc) is 3.28. The molecular formula is C22H22ClN3O3. The summed E-state index contributed by atoms with van der Waals surface area (Å²) in [6.07, 6.45) is 3.07. The van der Waals surface area contributed by atoms with Gasteiger partial charge in [0.2, 0.25) is 5.91 Å². The summed E-state index contributed by atoms with van der Waals surface area (Å²) in [5.41, 5.74) is 0.942. The summed E-state index contributed by atoms with van der Waals surface area (Å²) in [5, 5.41) is 6.37. The highest BCUT2D eigenvalue weighted by atomic mass is 35.5. The van der Waals surface area contributed by atoms with Gasteiger partial charge in [-0.2, -0.15) is 0 Å². The van der Waals surface area contributed by atoms with E-state index in [1.165, 1.54) is 0 Å². The molecule has 0 aromatic heterocycles. The van der Waals surface area contributed by atoms with Gasteiger partial charge in [0, 0.05) is 5.02 Å². The maximum atomic E-state index is 12.8. The van der Waals surface area contributed by atoms with Crippen molar-refractivity contribution in [3.05, 3.63) is 70.7 Å². The van der Waals surface area contributed by atoms with Crippen LogP contribution in [-0.4, -0.2) is 34.8 Å². The number of carbonyl (C=O) groups excluding carboxylic acids is 3. The zero-order chi connectivity index (χ0) is 20.4. The fraction of sp³-hybridized carbons (Fsp3) is 0.318. The van der Waals surface area contributed by atoms with Crippen LogP contribution in [0.5, 0.6) is 0 Å². The van der Waals surface area contributed by atoms with Crippen molar-refractivity contribution in [2.75, 3.05) is 6.54 Å². The lowest BCUT2D eigenvalue weighted by atomic mass is 9.98. The van der Waals surface area contributed by atoms with Gasteiger partial charge in [0.1, 0.15) is 12.1 Å². The van der Waals surface area contributed by atoms with Crippen LogP contribution in [-0.2, 0) is 9.59 Å². The topological polar surface area (TPSA) is 78.5 Å². The summed E-state index contributed by atoms with van der Waals surface area (Å²) in [4.78, 5) is 39.0. The molecule has 1 spiro atoms. The normalized spacial score (nSPS) is 18.7. The molecule has 2 aromatic rings. The van der Waals surface area contributed by atoms with Crippen LogP contribution in [0.15, 0.2) is 54.6 Å². The Bertz CT molecular complexity index is 924. The Balaban J connectivity index is 1.52. The van der Waals surface area contributed by atoms with Crippen molar-refractivity contribution in [2.45, 2.75) is 37.3 Å². The zero-order valence-electron chi connectivity index (χ0n) is 15.9. The molecule has 6 nitrogen and oxygen atoms in total. The second-order valence-corrected chi connectivity index (χ2v) is 8.01. The number of hydrogen-bond donors (Lipinski definition) is 2. The predicted octanol–water partition coefficient (Wildman–Crippen LogP) is 3.41. The van der Waals surface area contributed by atoms with Gasteiger partial charge in [-0.05, 0) is 36.1 Å². The molecule has 0 bridgehead atoms. The Morgan fingerprint density at radius 1 is 1.03 bits per heavy atom. The largest absolute Gasteiger partial charge is 0.344 e. The van der Waals surface area contributed by atoms with Gasteiger partial charge in [0.25, 0.3) is 5.91 Å². The van der Waals surface area contributed by atoms with Crippen LogP contribution in [0.1, 0.15) is 42.9 Å². The SMILES string of the molecule is O=C(CN1C(=O)NC2(CCCC2)C1=O)N[C@@H](c1ccccc1)c1ccc(Cl)cc1. The van der Waals surface area contributed by atoms with Crippen LogP contribution in [0.25, 0.3) is 0 Å². The van der Waals surface area contributed by atoms with Crippen LogP contribution in [0.4, 0.5) is 4.79 Å². The Kier molecular flexibility index (Phi) is 5.28. The second kappa shape index (κ2) is 7.87. The molecule has 1 aliphatic carbocycles. The predicted molar refractivity (Wildman–Crippen MR) is 109 cm³/mol. The number of imide groups is 1. The van der Waals surface area contributed by atoms with Crippen LogP contribution >= 0.6 is 11.6 Å². The number of urea groups is 1. The molecule has 29 heavy (non-hydrogen) atoms. The molecule has 1 atom stereocenters. The van der Waals surface area contributed by atoms with Gasteiger partial charge in [-0.15, -0.1) is 0 Å². The highest BCUT2D eigenvalue weighted by molar-refractivity contribution is 6.30. The van der Waals surface area contributed by atoms with Gasteiger partial charge in [-0.25, -0.2) is 4.79 Å². The summed E-state index contributed by atoms with van der Waals surface area (Å²) >= 11 is 6.00. The molecule has 0 radical (unpaired) electrons. The Labute approximate surface area is 174 Å². The van der Waals surface area contributed by atoms with Crippen LogP contribution in [0.3, 0.4) is 0 Å². The van der Waals surface area contributed by atoms with E-state index in [1.807, 2.05) is 42.5 Å². The second-order valence-electron chi connectivity index (χ2n) is 7.57. The molecule has 1 heterocycles. The molecule has 1 saturated carbocycles. The number of nitrogens with zero attached hydrogens (tertiary/aromatic N) is 1. The molecule has 2 aliphatic rings. The summed E-state index contributed by atoms with van der Waals surface area (Å²) in [5.74, 6) is -0.690. The maximum Gasteiger partial charge on any atom is 0.325 e. The quantitative estimate of drug-likeness (QED) is 0.740. The number of hydrogen-bond acceptors (Lipinski definition) is 3. The first-order valence-electron chi connectivity index (χ1n) is 9.72. The van der Waals surface area contributed by atoms with Crippen LogP contribution < -0.4 is 10.6 Å². The van der Waals surface area contributed by atoms with E-state index >= 15 is 0 Å². The van der Waals surface area contributed by atoms with E-state index in [-0.39, 0.29) is 12.5 Å². The van der Waals surface area contributed by atoms with Gasteiger partial charge in [-0.1, -0.05) is 66.9 Å². The Hall–Kier alpha value is -2.86. The summed E-state index contributed by atoms with van der Waals surface area (Å²) < 4.78 is 0. The van der Waals surface area contributed by atoms with Crippen molar-refractivity contribution in [1.29, 1.82) is 0 Å². The molecule has 0 unspecified atom stereocenters. The van der Waals surface area contributed by atoms with Crippen molar-refractivity contribution in [2.24, 2.45) is 0 Å². The Morgan fingerprint density at radius 3 is 2.31 bits per heavy atom. The first-order valence-corrected chi connectivity index (χ1v) is 10.1. The first-order chi connectivity index (χ1) is 14.0. The molecule has 1 aliphatic heterocycles. The fourth-order valence-electron chi connectivity index (χ4n) is 4.15. The summed E-state index contributed by atoms with van der Waals surface area (Å²) in [6.45, 7) is -0.302. The van der Waals surface area contributed by atoms with Crippen molar-refractivity contribution in [3.63, 3.8) is 0 Å². The van der Waals surface area contributed by atoms with Gasteiger partial charge in [0.05, 0.1) is 6.04 Å². The number of amides is 4. The lowest BCUT2D eigenvalue weighted by Gasteiger charge is -2.22. The third kappa shape index (κ3) is 3.85. The van der Waals surface area contributed by atoms with E-state index in [4.69, 9.17) is 11.6 Å². The minimum Gasteiger partial charge on any atom is -0.344 e. The molecule has 2 aromatic carbocycles. The molecule has 4 rings (SSSR count). The lowest BCUT2D eigenvalue weighted by Crippen LogP contribution is -2.45. The molecule has 7 heteroatoms. The van der Waals surface area contributed by atoms with Gasteiger partial charge in [-0.3, -0.25) is 14.5 Å². The average molecular weight is 412 g/mol. The first kappa shape index (κ1) is 19.5. The van der Waals surface area contributed by atoms with Gasteiger partial charge >= 0.3 is 6.03 Å². The standard InChI is InChI=1S/C22H22ClN3O3/c23-17-10-8-16(9-11-17)19(15-6-2-1-3-7-15)24-18(27)14-26-20(28)22(25-21(26)29)12-4-5-13-22/h1-3,6-11,19H,4-5,12-14H2,(H,24,27)(H,25,29)/t19-/m0/s1. The van der Waals surface area contributed by atoms with Crippen molar-refractivity contribution < 1.29 is 14.4 Å². The van der Waals surface area contributed by atoms with Crippen molar-refractivity contribution in [1.82, 2.24) is 15.5 Å². The number of nitrogens with one attached hydrogen (secondary N) is 2. The highest BCUT2D eigenvalue weighted by Gasteiger charge is 2.52. The van der Waals surface area contributed by atoms with Gasteiger partial charge < -0.3 is 10.6 Å². The molecule has 2 N–H and O–H groups in total. The van der Waals surface area contributed by atoms with Crippen molar-refractivity contribution >= 4 is 29.4 Å². The highest BCUT2D eigenvalue weighted by Crippen LogP contribution is 2.35. The minimum atomic E-state index is -0.813. The van der Waals surface area contributed by atoms with Crippen molar-refractivity contribution in [3.8, 4) is 0 Å². The van der Waals surface area contributed by atoms with E-state index in [1.54, 1.807) is 12.1 Å². The number of halogens is 1. The minimum absolute atomic E-state index is 0.294.